The largest absolute Gasteiger partial charge is 0.463 e. The summed E-state index contributed by atoms with van der Waals surface area (Å²) >= 11 is 0. The molecule has 1 aromatic rings. The Labute approximate surface area is 104 Å². The topological polar surface area (TPSA) is 106 Å². The first-order valence-corrected chi connectivity index (χ1v) is 5.23. The first kappa shape index (κ1) is 13.5. The summed E-state index contributed by atoms with van der Waals surface area (Å²) in [7, 11) is 0. The summed E-state index contributed by atoms with van der Waals surface area (Å²) in [4.78, 5) is 26.4. The molecule has 7 heteroatoms. The van der Waals surface area contributed by atoms with Gasteiger partial charge in [-0.2, -0.15) is 0 Å². The minimum Gasteiger partial charge on any atom is -0.463 e. The number of nitrogens with one attached hydrogen (secondary N) is 2. The number of hydrazine groups is 1. The maximum absolute atomic E-state index is 11.6. The van der Waals surface area contributed by atoms with Crippen molar-refractivity contribution < 1.29 is 14.3 Å². The van der Waals surface area contributed by atoms with Gasteiger partial charge in [-0.25, -0.2) is 4.79 Å². The highest BCUT2D eigenvalue weighted by atomic mass is 16.5. The minimum atomic E-state index is -0.583. The van der Waals surface area contributed by atoms with Crippen LogP contribution in [0.25, 0.3) is 0 Å². The van der Waals surface area contributed by atoms with Gasteiger partial charge in [0.1, 0.15) is 5.82 Å². The van der Waals surface area contributed by atoms with Crippen molar-refractivity contribution in [3.63, 3.8) is 0 Å². The third-order valence-electron chi connectivity index (χ3n) is 1.82. The van der Waals surface area contributed by atoms with Crippen molar-refractivity contribution in [2.24, 2.45) is 5.73 Å². The maximum Gasteiger partial charge on any atom is 0.334 e. The third-order valence-corrected chi connectivity index (χ3v) is 1.82. The van der Waals surface area contributed by atoms with Crippen molar-refractivity contribution in [2.45, 2.75) is 6.92 Å². The average molecular weight is 250 g/mol. The van der Waals surface area contributed by atoms with Crippen LogP contribution in [0.5, 0.6) is 0 Å². The second-order valence-corrected chi connectivity index (χ2v) is 3.17. The molecule has 0 fully saturated rings. The van der Waals surface area contributed by atoms with Crippen LogP contribution in [-0.4, -0.2) is 23.5 Å². The third kappa shape index (κ3) is 4.52. The van der Waals surface area contributed by atoms with Crippen LogP contribution in [0, 0.1) is 0 Å². The summed E-state index contributed by atoms with van der Waals surface area (Å²) in [5.41, 5.74) is 10.6. The molecule has 0 spiro atoms. The fourth-order valence-corrected chi connectivity index (χ4v) is 1.05. The van der Waals surface area contributed by atoms with Crippen LogP contribution in [0.4, 0.5) is 0 Å². The fourth-order valence-electron chi connectivity index (χ4n) is 1.05. The lowest BCUT2D eigenvalue weighted by Gasteiger charge is -2.08. The normalized spacial score (nSPS) is 10.6. The quantitative estimate of drug-likeness (QED) is 0.375. The number of amides is 1. The molecule has 96 valence electrons. The van der Waals surface area contributed by atoms with Crippen molar-refractivity contribution in [3.05, 3.63) is 42.0 Å². The van der Waals surface area contributed by atoms with Gasteiger partial charge in [0.25, 0.3) is 5.91 Å². The van der Waals surface area contributed by atoms with E-state index in [1.807, 2.05) is 0 Å². The number of nitrogens with zero attached hydrogens (tertiary/aromatic N) is 1. The molecule has 0 atom stereocenters. The molecule has 0 bridgehead atoms. The predicted molar refractivity (Wildman–Crippen MR) is 63.7 cm³/mol. The Hall–Kier alpha value is -2.57. The van der Waals surface area contributed by atoms with E-state index in [9.17, 15) is 9.59 Å². The number of hydrogen-bond acceptors (Lipinski definition) is 6. The monoisotopic (exact) mass is 250 g/mol. The smallest absolute Gasteiger partial charge is 0.334 e. The van der Waals surface area contributed by atoms with E-state index in [1.165, 1.54) is 12.4 Å². The van der Waals surface area contributed by atoms with Gasteiger partial charge in [0.15, 0.2) is 0 Å². The second-order valence-electron chi connectivity index (χ2n) is 3.17. The molecule has 18 heavy (non-hydrogen) atoms. The molecule has 1 aromatic heterocycles. The molecule has 0 aliphatic rings. The molecule has 4 N–H and O–H groups in total. The van der Waals surface area contributed by atoms with Crippen molar-refractivity contribution in [2.75, 3.05) is 6.61 Å². The Balaban J connectivity index is 2.46. The first-order chi connectivity index (χ1) is 8.63. The zero-order valence-corrected chi connectivity index (χ0v) is 9.84. The van der Waals surface area contributed by atoms with E-state index in [1.54, 1.807) is 19.1 Å². The van der Waals surface area contributed by atoms with E-state index in [2.05, 4.69) is 20.6 Å². The van der Waals surface area contributed by atoms with Crippen LogP contribution in [0.15, 0.2) is 36.4 Å². The van der Waals surface area contributed by atoms with E-state index < -0.39 is 11.9 Å². The van der Waals surface area contributed by atoms with Crippen molar-refractivity contribution in [1.29, 1.82) is 0 Å². The van der Waals surface area contributed by atoms with Gasteiger partial charge in [-0.05, 0) is 19.1 Å². The molecule has 0 aliphatic heterocycles. The fraction of sp³-hybridized carbons (Fsp3) is 0.182. The number of rotatable bonds is 5. The summed E-state index contributed by atoms with van der Waals surface area (Å²) < 4.78 is 4.65. The maximum atomic E-state index is 11.6. The molecule has 0 aliphatic carbocycles. The Morgan fingerprint density at radius 1 is 1.39 bits per heavy atom. The highest BCUT2D eigenvalue weighted by Gasteiger charge is 2.04. The van der Waals surface area contributed by atoms with Crippen LogP contribution < -0.4 is 16.6 Å². The summed E-state index contributed by atoms with van der Waals surface area (Å²) in [5, 5.41) is 0. The number of nitrogens with two attached hydrogens (primary N) is 1. The van der Waals surface area contributed by atoms with Gasteiger partial charge in [-0.15, -0.1) is 0 Å². The summed E-state index contributed by atoms with van der Waals surface area (Å²) in [6.07, 6.45) is 4.02. The highest BCUT2D eigenvalue weighted by molar-refractivity contribution is 5.93. The zero-order chi connectivity index (χ0) is 13.4. The van der Waals surface area contributed by atoms with Crippen molar-refractivity contribution in [1.82, 2.24) is 15.8 Å². The lowest BCUT2D eigenvalue weighted by molar-refractivity contribution is -0.137. The highest BCUT2D eigenvalue weighted by Crippen LogP contribution is 1.94. The zero-order valence-electron chi connectivity index (χ0n) is 9.84. The summed E-state index contributed by atoms with van der Waals surface area (Å²) in [6.45, 7) is 1.94. The lowest BCUT2D eigenvalue weighted by atomic mass is 10.3. The number of carbonyl (C=O) groups is 2. The number of ether oxygens (including phenoxy) is 1. The van der Waals surface area contributed by atoms with Crippen LogP contribution in [0.3, 0.4) is 0 Å². The molecule has 1 amide bonds. The number of aromatic nitrogens is 1. The molecule has 1 heterocycles. The standard InChI is InChI=1S/C11H14N4O3/c1-2-18-10(16)7-9(12)14-15-11(17)8-3-5-13-6-4-8/h3-7,14H,2,12H2,1H3,(H,15,17)/b9-7+. The average Bonchev–Trinajstić information content (AvgIpc) is 2.37. The Morgan fingerprint density at radius 2 is 2.06 bits per heavy atom. The van der Waals surface area contributed by atoms with Gasteiger partial charge < -0.3 is 10.5 Å². The first-order valence-electron chi connectivity index (χ1n) is 5.23. The molecule has 0 radical (unpaired) electrons. The van der Waals surface area contributed by atoms with Crippen LogP contribution in [0.2, 0.25) is 0 Å². The van der Waals surface area contributed by atoms with E-state index in [0.29, 0.717) is 5.56 Å². The number of hydrogen-bond donors (Lipinski definition) is 3. The van der Waals surface area contributed by atoms with Gasteiger partial charge in [-0.1, -0.05) is 0 Å². The van der Waals surface area contributed by atoms with Crippen LogP contribution in [0.1, 0.15) is 17.3 Å². The second kappa shape index (κ2) is 6.89. The molecule has 0 saturated carbocycles. The van der Waals surface area contributed by atoms with E-state index >= 15 is 0 Å². The number of carbonyl (C=O) groups excluding carboxylic acids is 2. The van der Waals surface area contributed by atoms with E-state index in [4.69, 9.17) is 5.73 Å². The molecular formula is C11H14N4O3. The van der Waals surface area contributed by atoms with Gasteiger partial charge in [-0.3, -0.25) is 20.6 Å². The van der Waals surface area contributed by atoms with Crippen LogP contribution in [-0.2, 0) is 9.53 Å². The molecule has 0 unspecified atom stereocenters. The number of esters is 1. The van der Waals surface area contributed by atoms with Crippen molar-refractivity contribution in [3.8, 4) is 0 Å². The molecule has 0 aromatic carbocycles. The minimum absolute atomic E-state index is 0.0177. The van der Waals surface area contributed by atoms with Crippen molar-refractivity contribution >= 4 is 11.9 Å². The number of pyridine rings is 1. The van der Waals surface area contributed by atoms with Gasteiger partial charge in [0.2, 0.25) is 0 Å². The summed E-state index contributed by atoms with van der Waals surface area (Å²) in [6, 6.07) is 3.09. The Morgan fingerprint density at radius 3 is 2.67 bits per heavy atom. The van der Waals surface area contributed by atoms with Gasteiger partial charge in [0, 0.05) is 18.0 Å². The molecular weight excluding hydrogens is 236 g/mol. The van der Waals surface area contributed by atoms with Gasteiger partial charge in [0.05, 0.1) is 12.7 Å². The lowest BCUT2D eigenvalue weighted by Crippen LogP contribution is -2.39. The Kier molecular flexibility index (Phi) is 5.17. The molecule has 7 nitrogen and oxygen atoms in total. The van der Waals surface area contributed by atoms with Gasteiger partial charge >= 0.3 is 5.97 Å². The van der Waals surface area contributed by atoms with E-state index in [0.717, 1.165) is 6.08 Å². The van der Waals surface area contributed by atoms with E-state index in [-0.39, 0.29) is 12.4 Å². The predicted octanol–water partition coefficient (Wildman–Crippen LogP) is -0.321. The Bertz CT molecular complexity index is 445. The summed E-state index contributed by atoms with van der Waals surface area (Å²) in [5.74, 6) is -0.992. The molecule has 0 saturated heterocycles. The SMILES string of the molecule is CCOC(=O)/C=C(\N)NNC(=O)c1ccncc1. The molecule has 1 rings (SSSR count). The van der Waals surface area contributed by atoms with Crippen LogP contribution >= 0.6 is 0 Å².